The van der Waals surface area contributed by atoms with E-state index in [4.69, 9.17) is 9.41 Å². The molecule has 6 heteroatoms. The Hall–Kier alpha value is -2.34. The highest BCUT2D eigenvalue weighted by Crippen LogP contribution is 2.30. The fraction of sp³-hybridized carbons (Fsp3) is 0.565. The van der Waals surface area contributed by atoms with Crippen LogP contribution in [0, 0.1) is 12.3 Å². The lowest BCUT2D eigenvalue weighted by atomic mass is 9.79. The molecule has 29 heavy (non-hydrogen) atoms. The number of rotatable bonds is 11. The van der Waals surface area contributed by atoms with Crippen LogP contribution in [0.4, 0.5) is 0 Å². The minimum absolute atomic E-state index is 0.0617. The van der Waals surface area contributed by atoms with Crippen molar-refractivity contribution >= 4 is 5.96 Å². The van der Waals surface area contributed by atoms with Crippen LogP contribution in [-0.4, -0.2) is 42.3 Å². The quantitative estimate of drug-likeness (QED) is 0.393. The Morgan fingerprint density at radius 1 is 1.14 bits per heavy atom. The van der Waals surface area contributed by atoms with Gasteiger partial charge in [0.05, 0.1) is 5.69 Å². The molecule has 0 radical (unpaired) electrons. The zero-order chi connectivity index (χ0) is 21.1. The second-order valence-electron chi connectivity index (χ2n) is 7.56. The minimum Gasteiger partial charge on any atom is -0.444 e. The van der Waals surface area contributed by atoms with Crippen molar-refractivity contribution < 1.29 is 9.52 Å². The molecule has 0 atom stereocenters. The standard InChI is InChI=1S/C23H36N4O2/c1-5-23(6-2,13-15-28)17-26-22(24-7-3)25-14-12-20-16-29-21(27-20)19-10-8-18(4)9-11-19/h8-11,16,28H,5-7,12-15,17H2,1-4H3,(H2,24,25,26). The van der Waals surface area contributed by atoms with Gasteiger partial charge >= 0.3 is 0 Å². The summed E-state index contributed by atoms with van der Waals surface area (Å²) in [5.41, 5.74) is 3.19. The van der Waals surface area contributed by atoms with Gasteiger partial charge in [0.2, 0.25) is 5.89 Å². The number of benzene rings is 1. The van der Waals surface area contributed by atoms with Gasteiger partial charge in [-0.15, -0.1) is 0 Å². The molecule has 0 aliphatic rings. The van der Waals surface area contributed by atoms with Crippen molar-refractivity contribution in [2.24, 2.45) is 10.4 Å². The van der Waals surface area contributed by atoms with Gasteiger partial charge in [-0.3, -0.25) is 4.99 Å². The third kappa shape index (κ3) is 6.89. The Morgan fingerprint density at radius 2 is 1.86 bits per heavy atom. The van der Waals surface area contributed by atoms with Crippen LogP contribution in [0.1, 0.15) is 51.3 Å². The van der Waals surface area contributed by atoms with E-state index < -0.39 is 0 Å². The number of aryl methyl sites for hydroxylation is 1. The number of nitrogens with zero attached hydrogens (tertiary/aromatic N) is 2. The summed E-state index contributed by atoms with van der Waals surface area (Å²) in [5, 5.41) is 16.1. The molecular weight excluding hydrogens is 364 g/mol. The highest BCUT2D eigenvalue weighted by molar-refractivity contribution is 5.79. The van der Waals surface area contributed by atoms with Crippen LogP contribution in [-0.2, 0) is 6.42 Å². The molecule has 0 saturated carbocycles. The fourth-order valence-electron chi connectivity index (χ4n) is 3.29. The molecule has 0 bridgehead atoms. The van der Waals surface area contributed by atoms with E-state index in [1.165, 1.54) is 5.56 Å². The van der Waals surface area contributed by atoms with Crippen molar-refractivity contribution in [1.82, 2.24) is 15.6 Å². The van der Waals surface area contributed by atoms with Crippen LogP contribution < -0.4 is 10.6 Å². The first-order valence-electron chi connectivity index (χ1n) is 10.7. The number of aliphatic hydroxyl groups excluding tert-OH is 1. The maximum atomic E-state index is 9.40. The minimum atomic E-state index is 0.0617. The number of oxazole rings is 1. The molecule has 160 valence electrons. The summed E-state index contributed by atoms with van der Waals surface area (Å²) in [7, 11) is 0. The van der Waals surface area contributed by atoms with E-state index in [1.807, 2.05) is 12.1 Å². The number of hydrogen-bond acceptors (Lipinski definition) is 4. The van der Waals surface area contributed by atoms with Crippen molar-refractivity contribution in [3.05, 3.63) is 41.8 Å². The van der Waals surface area contributed by atoms with Gasteiger partial charge in [-0.25, -0.2) is 4.98 Å². The van der Waals surface area contributed by atoms with Crippen molar-refractivity contribution in [2.75, 3.05) is 26.2 Å². The molecule has 0 fully saturated rings. The Balaban J connectivity index is 1.93. The summed E-state index contributed by atoms with van der Waals surface area (Å²) in [6.45, 7) is 10.9. The third-order valence-electron chi connectivity index (χ3n) is 5.58. The molecule has 0 saturated heterocycles. The van der Waals surface area contributed by atoms with E-state index in [0.29, 0.717) is 12.4 Å². The summed E-state index contributed by atoms with van der Waals surface area (Å²) in [4.78, 5) is 9.37. The van der Waals surface area contributed by atoms with Gasteiger partial charge in [-0.05, 0) is 50.7 Å². The average Bonchev–Trinajstić information content (AvgIpc) is 3.20. The van der Waals surface area contributed by atoms with E-state index in [0.717, 1.165) is 56.0 Å². The van der Waals surface area contributed by atoms with Gasteiger partial charge in [0.25, 0.3) is 0 Å². The molecule has 0 aliphatic heterocycles. The van der Waals surface area contributed by atoms with Gasteiger partial charge in [-0.2, -0.15) is 0 Å². The predicted octanol–water partition coefficient (Wildman–Crippen LogP) is 3.94. The van der Waals surface area contributed by atoms with Gasteiger partial charge < -0.3 is 20.2 Å². The highest BCUT2D eigenvalue weighted by atomic mass is 16.3. The number of aliphatic imine (C=N–C) groups is 1. The van der Waals surface area contributed by atoms with Crippen LogP contribution in [0.2, 0.25) is 0 Å². The summed E-state index contributed by atoms with van der Waals surface area (Å²) < 4.78 is 5.64. The number of hydrogen-bond donors (Lipinski definition) is 3. The lowest BCUT2D eigenvalue weighted by molar-refractivity contribution is 0.175. The summed E-state index contributed by atoms with van der Waals surface area (Å²) in [6.07, 6.45) is 5.27. The Kier molecular flexibility index (Phi) is 9.19. The zero-order valence-corrected chi connectivity index (χ0v) is 18.3. The number of aliphatic hydroxyl groups is 1. The lowest BCUT2D eigenvalue weighted by Gasteiger charge is -2.29. The van der Waals surface area contributed by atoms with Gasteiger partial charge in [0, 0.05) is 38.2 Å². The zero-order valence-electron chi connectivity index (χ0n) is 18.3. The second-order valence-corrected chi connectivity index (χ2v) is 7.56. The fourth-order valence-corrected chi connectivity index (χ4v) is 3.29. The van der Waals surface area contributed by atoms with Crippen LogP contribution in [0.3, 0.4) is 0 Å². The molecule has 0 spiro atoms. The smallest absolute Gasteiger partial charge is 0.226 e. The van der Waals surface area contributed by atoms with Crippen LogP contribution in [0.25, 0.3) is 11.5 Å². The maximum absolute atomic E-state index is 9.40. The molecule has 3 N–H and O–H groups in total. The monoisotopic (exact) mass is 400 g/mol. The Labute approximate surface area is 174 Å². The molecule has 2 aromatic rings. The van der Waals surface area contributed by atoms with Gasteiger partial charge in [-0.1, -0.05) is 31.5 Å². The van der Waals surface area contributed by atoms with Crippen LogP contribution >= 0.6 is 0 Å². The van der Waals surface area contributed by atoms with E-state index in [1.54, 1.807) is 6.26 Å². The number of nitrogens with one attached hydrogen (secondary N) is 2. The number of aromatic nitrogens is 1. The first-order chi connectivity index (χ1) is 14.1. The van der Waals surface area contributed by atoms with Crippen LogP contribution in [0.5, 0.6) is 0 Å². The van der Waals surface area contributed by atoms with Crippen LogP contribution in [0.15, 0.2) is 39.9 Å². The second kappa shape index (κ2) is 11.6. The first-order valence-corrected chi connectivity index (χ1v) is 10.7. The predicted molar refractivity (Wildman–Crippen MR) is 119 cm³/mol. The highest BCUT2D eigenvalue weighted by Gasteiger charge is 2.25. The Bertz CT molecular complexity index is 748. The van der Waals surface area contributed by atoms with E-state index in [-0.39, 0.29) is 12.0 Å². The summed E-state index contributed by atoms with van der Waals surface area (Å²) in [6, 6.07) is 8.17. The number of guanidine groups is 1. The van der Waals surface area contributed by atoms with Crippen molar-refractivity contribution in [1.29, 1.82) is 0 Å². The summed E-state index contributed by atoms with van der Waals surface area (Å²) in [5.74, 6) is 1.46. The van der Waals surface area contributed by atoms with Crippen molar-refractivity contribution in [3.63, 3.8) is 0 Å². The molecule has 0 aliphatic carbocycles. The van der Waals surface area contributed by atoms with E-state index >= 15 is 0 Å². The first kappa shape index (κ1) is 22.9. The molecule has 2 rings (SSSR count). The van der Waals surface area contributed by atoms with Gasteiger partial charge in [0.15, 0.2) is 5.96 Å². The SMILES string of the molecule is CCNC(=NCC(CC)(CC)CCO)NCCc1coc(-c2ccc(C)cc2)n1. The Morgan fingerprint density at radius 3 is 2.48 bits per heavy atom. The normalized spacial score (nSPS) is 12.2. The maximum Gasteiger partial charge on any atom is 0.226 e. The molecule has 1 aromatic heterocycles. The topological polar surface area (TPSA) is 82.7 Å². The van der Waals surface area contributed by atoms with E-state index in [2.05, 4.69) is 55.4 Å². The lowest BCUT2D eigenvalue weighted by Crippen LogP contribution is -2.39. The molecule has 1 aromatic carbocycles. The molecule has 6 nitrogen and oxygen atoms in total. The largest absolute Gasteiger partial charge is 0.444 e. The summed E-state index contributed by atoms with van der Waals surface area (Å²) >= 11 is 0. The molecule has 0 amide bonds. The third-order valence-corrected chi connectivity index (χ3v) is 5.58. The van der Waals surface area contributed by atoms with Crippen molar-refractivity contribution in [2.45, 2.75) is 53.4 Å². The van der Waals surface area contributed by atoms with E-state index in [9.17, 15) is 5.11 Å². The van der Waals surface area contributed by atoms with Crippen molar-refractivity contribution in [3.8, 4) is 11.5 Å². The molecular formula is C23H36N4O2. The molecule has 1 heterocycles. The van der Waals surface area contributed by atoms with Gasteiger partial charge in [0.1, 0.15) is 6.26 Å². The molecule has 0 unspecified atom stereocenters. The average molecular weight is 401 g/mol.